The number of carbonyl (C=O) groups excluding carboxylic acids is 2. The number of hydrogen-bond donors (Lipinski definition) is 3. The first-order valence-electron chi connectivity index (χ1n) is 11.0. The molecule has 0 aliphatic rings. The van der Waals surface area contributed by atoms with E-state index in [0.29, 0.717) is 27.5 Å². The molecule has 42 heavy (non-hydrogen) atoms. The molecule has 2 aromatic heterocycles. The van der Waals surface area contributed by atoms with Crippen LogP contribution in [0.25, 0.3) is 0 Å². The highest BCUT2D eigenvalue weighted by atomic mass is 19.2. The molecule has 0 unspecified atom stereocenters. The largest absolute Gasteiger partial charge is 0.382 e. The van der Waals surface area contributed by atoms with E-state index in [1.165, 1.54) is 13.1 Å². The van der Waals surface area contributed by atoms with Gasteiger partial charge in [-0.15, -0.1) is 0 Å². The fraction of sp³-hybridized carbons (Fsp3) is 0.0833. The lowest BCUT2D eigenvalue weighted by Gasteiger charge is -2.09. The zero-order chi connectivity index (χ0) is 31.7. The first-order valence-corrected chi connectivity index (χ1v) is 11.0. The fourth-order valence-electron chi connectivity index (χ4n) is 2.79. The Morgan fingerprint density at radius 2 is 1.43 bits per heavy atom. The standard InChI is InChI=1S/C12H9F3N4O2.C7H3F2NO.C5H6FN3O/c1-18-10(16)9(15)5-19(12(18)21)11(20)17-8-3-6(13)2-7(14)4-8;8-5-1-6(9)3-7(2-5)10-4-11;1-9-4(7)3(6)2-8-5(9)10/h2-5,16H,1H3,(H,17,20);1-3H;2H,7H2,1H3. The number of isocyanates is 1. The summed E-state index contributed by atoms with van der Waals surface area (Å²) in [6.07, 6.45) is 2.51. The molecule has 4 rings (SSSR count). The maximum atomic E-state index is 13.4. The molecule has 0 aliphatic heterocycles. The Balaban J connectivity index is 0.000000246. The number of carbonyl (C=O) groups is 1. The zero-order valence-electron chi connectivity index (χ0n) is 21.3. The average molecular weight is 596 g/mol. The predicted molar refractivity (Wildman–Crippen MR) is 134 cm³/mol. The molecule has 2 aromatic carbocycles. The molecule has 0 aliphatic carbocycles. The lowest BCUT2D eigenvalue weighted by molar-refractivity contribution is 0.251. The lowest BCUT2D eigenvalue weighted by Crippen LogP contribution is -2.43. The van der Waals surface area contributed by atoms with Crippen molar-refractivity contribution in [3.8, 4) is 0 Å². The van der Waals surface area contributed by atoms with Gasteiger partial charge in [-0.3, -0.25) is 14.5 Å². The number of rotatable bonds is 2. The molecule has 0 radical (unpaired) electrons. The molecular weight excluding hydrogens is 578 g/mol. The third-order valence-electron chi connectivity index (χ3n) is 4.83. The van der Waals surface area contributed by atoms with E-state index >= 15 is 0 Å². The number of amides is 1. The van der Waals surface area contributed by atoms with E-state index in [2.05, 4.69) is 15.3 Å². The van der Waals surface area contributed by atoms with Crippen LogP contribution in [-0.2, 0) is 18.9 Å². The van der Waals surface area contributed by atoms with Crippen molar-refractivity contribution in [2.24, 2.45) is 19.1 Å². The number of hydrogen-bond acceptors (Lipinski definition) is 8. The van der Waals surface area contributed by atoms with Gasteiger partial charge in [-0.05, 0) is 12.1 Å². The summed E-state index contributed by atoms with van der Waals surface area (Å²) >= 11 is 0. The van der Waals surface area contributed by atoms with Crippen molar-refractivity contribution < 1.29 is 35.9 Å². The molecule has 1 amide bonds. The van der Waals surface area contributed by atoms with Gasteiger partial charge in [-0.1, -0.05) is 0 Å². The summed E-state index contributed by atoms with van der Waals surface area (Å²) in [6, 6.07) is 3.74. The van der Waals surface area contributed by atoms with Crippen molar-refractivity contribution >= 4 is 29.3 Å². The van der Waals surface area contributed by atoms with Crippen LogP contribution in [0.1, 0.15) is 0 Å². The van der Waals surface area contributed by atoms with Crippen molar-refractivity contribution in [1.29, 1.82) is 5.41 Å². The first-order chi connectivity index (χ1) is 19.6. The van der Waals surface area contributed by atoms with Crippen molar-refractivity contribution in [1.82, 2.24) is 18.7 Å². The van der Waals surface area contributed by atoms with Crippen molar-refractivity contribution in [2.75, 3.05) is 11.1 Å². The van der Waals surface area contributed by atoms with Gasteiger partial charge in [-0.25, -0.2) is 50.1 Å². The molecule has 0 saturated heterocycles. The number of nitrogens with one attached hydrogen (secondary N) is 2. The van der Waals surface area contributed by atoms with Crippen LogP contribution < -0.4 is 27.9 Å². The molecule has 4 aromatic rings. The second kappa shape index (κ2) is 14.0. The molecule has 12 nitrogen and oxygen atoms in total. The Kier molecular flexibility index (Phi) is 10.8. The summed E-state index contributed by atoms with van der Waals surface area (Å²) in [5, 5.41) is 9.30. The normalized spacial score (nSPS) is 9.90. The number of benzene rings is 2. The van der Waals surface area contributed by atoms with Crippen molar-refractivity contribution in [3.63, 3.8) is 0 Å². The van der Waals surface area contributed by atoms with Gasteiger partial charge in [0.2, 0.25) is 6.08 Å². The number of nitrogen functional groups attached to an aromatic ring is 1. The minimum atomic E-state index is -1.11. The van der Waals surface area contributed by atoms with E-state index in [4.69, 9.17) is 11.1 Å². The fourth-order valence-corrected chi connectivity index (χ4v) is 2.79. The average Bonchev–Trinajstić information content (AvgIpc) is 2.90. The van der Waals surface area contributed by atoms with Crippen molar-refractivity contribution in [3.05, 3.63) is 110 Å². The SMILES string of the molecule is Cn1c(=N)c(F)cn(C(=O)Nc2cc(F)cc(F)c2)c1=O.Cn1c(N)c(F)cnc1=O.O=C=Nc1cc(F)cc(F)c1. The van der Waals surface area contributed by atoms with Gasteiger partial charge in [-0.2, -0.15) is 9.98 Å². The van der Waals surface area contributed by atoms with Crippen LogP contribution in [0.4, 0.5) is 48.3 Å². The molecule has 2 heterocycles. The van der Waals surface area contributed by atoms with Crippen molar-refractivity contribution in [2.45, 2.75) is 0 Å². The van der Waals surface area contributed by atoms with Gasteiger partial charge in [0.15, 0.2) is 17.1 Å². The minimum absolute atomic E-state index is 0.0718. The van der Waals surface area contributed by atoms with Gasteiger partial charge < -0.3 is 11.1 Å². The quantitative estimate of drug-likeness (QED) is 0.183. The molecule has 0 saturated carbocycles. The third-order valence-corrected chi connectivity index (χ3v) is 4.83. The van der Waals surface area contributed by atoms with Gasteiger partial charge in [0.05, 0.1) is 18.1 Å². The van der Waals surface area contributed by atoms with Crippen LogP contribution in [-0.4, -0.2) is 30.8 Å². The summed E-state index contributed by atoms with van der Waals surface area (Å²) in [6.45, 7) is 0. The Morgan fingerprint density at radius 3 is 1.93 bits per heavy atom. The topological polar surface area (TPSA) is 170 Å². The minimum Gasteiger partial charge on any atom is -0.382 e. The summed E-state index contributed by atoms with van der Waals surface area (Å²) < 4.78 is 78.3. The van der Waals surface area contributed by atoms with Gasteiger partial charge in [0, 0.05) is 44.0 Å². The van der Waals surface area contributed by atoms with E-state index in [9.17, 15) is 45.5 Å². The Hall–Kier alpha value is -5.77. The maximum absolute atomic E-state index is 13.4. The van der Waals surface area contributed by atoms with Crippen LogP contribution >= 0.6 is 0 Å². The zero-order valence-corrected chi connectivity index (χ0v) is 21.3. The monoisotopic (exact) mass is 596 g/mol. The summed E-state index contributed by atoms with van der Waals surface area (Å²) in [4.78, 5) is 50.1. The molecule has 0 atom stereocenters. The molecule has 18 heteroatoms. The van der Waals surface area contributed by atoms with Crippen LogP contribution in [0, 0.1) is 40.3 Å². The number of nitrogens with two attached hydrogens (primary N) is 1. The van der Waals surface area contributed by atoms with Gasteiger partial charge in [0.25, 0.3) is 0 Å². The molecular formula is C24H18F6N8O4. The van der Waals surface area contributed by atoms with E-state index in [0.717, 1.165) is 42.1 Å². The predicted octanol–water partition coefficient (Wildman–Crippen LogP) is 2.60. The van der Waals surface area contributed by atoms with Crippen LogP contribution in [0.5, 0.6) is 0 Å². The van der Waals surface area contributed by atoms with E-state index < -0.39 is 57.8 Å². The number of nitrogens with zero attached hydrogens (tertiary/aromatic N) is 5. The molecule has 0 spiro atoms. The highest BCUT2D eigenvalue weighted by molar-refractivity contribution is 5.90. The third kappa shape index (κ3) is 8.62. The van der Waals surface area contributed by atoms with Gasteiger partial charge in [0.1, 0.15) is 29.1 Å². The first kappa shape index (κ1) is 32.4. The highest BCUT2D eigenvalue weighted by Crippen LogP contribution is 2.15. The smallest absolute Gasteiger partial charge is 0.348 e. The summed E-state index contributed by atoms with van der Waals surface area (Å²) in [5.74, 6) is -5.34. The summed E-state index contributed by atoms with van der Waals surface area (Å²) in [7, 11) is 2.47. The highest BCUT2D eigenvalue weighted by Gasteiger charge is 2.13. The van der Waals surface area contributed by atoms with E-state index in [1.807, 2.05) is 0 Å². The Morgan fingerprint density at radius 1 is 0.905 bits per heavy atom. The Labute approximate surface area is 230 Å². The molecule has 4 N–H and O–H groups in total. The maximum Gasteiger partial charge on any atom is 0.348 e. The lowest BCUT2D eigenvalue weighted by atomic mass is 10.3. The number of halogens is 6. The van der Waals surface area contributed by atoms with E-state index in [-0.39, 0.29) is 17.2 Å². The molecule has 0 fully saturated rings. The van der Waals surface area contributed by atoms with Crippen LogP contribution in [0.2, 0.25) is 0 Å². The second-order valence-corrected chi connectivity index (χ2v) is 7.79. The molecule has 0 bridgehead atoms. The number of anilines is 2. The van der Waals surface area contributed by atoms with E-state index in [1.54, 1.807) is 0 Å². The van der Waals surface area contributed by atoms with Gasteiger partial charge >= 0.3 is 17.4 Å². The number of aromatic nitrogens is 4. The number of aliphatic imine (C=N–C) groups is 1. The second-order valence-electron chi connectivity index (χ2n) is 7.79. The Bertz CT molecular complexity index is 1830. The summed E-state index contributed by atoms with van der Waals surface area (Å²) in [5.41, 5.74) is 2.60. The molecule has 220 valence electrons. The van der Waals surface area contributed by atoms with Crippen LogP contribution in [0.3, 0.4) is 0 Å². The van der Waals surface area contributed by atoms with Crippen LogP contribution in [0.15, 0.2) is 63.4 Å².